The predicted octanol–water partition coefficient (Wildman–Crippen LogP) is 2.30. The second-order valence-electron chi connectivity index (χ2n) is 5.00. The van der Waals surface area contributed by atoms with Gasteiger partial charge in [-0.3, -0.25) is 10.1 Å². The lowest BCUT2D eigenvalue weighted by Gasteiger charge is -2.22. The van der Waals surface area contributed by atoms with Crippen LogP contribution in [0, 0.1) is 5.92 Å². The summed E-state index contributed by atoms with van der Waals surface area (Å²) in [6, 6.07) is 7.93. The van der Waals surface area contributed by atoms with Crippen LogP contribution in [0.2, 0.25) is 0 Å². The Bertz CT molecular complexity index is 426. The van der Waals surface area contributed by atoms with Gasteiger partial charge in [0.25, 0.3) is 0 Å². The summed E-state index contributed by atoms with van der Waals surface area (Å²) < 4.78 is 9.93. The van der Waals surface area contributed by atoms with Crippen LogP contribution in [0.25, 0.3) is 0 Å². The zero-order chi connectivity index (χ0) is 13.8. The highest BCUT2D eigenvalue weighted by Crippen LogP contribution is 2.41. The van der Waals surface area contributed by atoms with Crippen molar-refractivity contribution in [2.45, 2.75) is 31.8 Å². The molecule has 0 amide bonds. The van der Waals surface area contributed by atoms with Gasteiger partial charge in [-0.2, -0.15) is 0 Å². The summed E-state index contributed by atoms with van der Waals surface area (Å²) >= 11 is 0. The van der Waals surface area contributed by atoms with E-state index in [9.17, 15) is 4.79 Å². The minimum atomic E-state index is -0.294. The largest absolute Gasteiger partial charge is 0.497 e. The van der Waals surface area contributed by atoms with Crippen molar-refractivity contribution in [1.82, 2.24) is 5.32 Å². The normalized spacial score (nSPS) is 17.6. The highest BCUT2D eigenvalue weighted by Gasteiger charge is 2.34. The van der Waals surface area contributed by atoms with E-state index in [1.54, 1.807) is 7.11 Å². The van der Waals surface area contributed by atoms with Gasteiger partial charge in [-0.15, -0.1) is 0 Å². The minimum Gasteiger partial charge on any atom is -0.497 e. The van der Waals surface area contributed by atoms with Crippen molar-refractivity contribution < 1.29 is 14.3 Å². The van der Waals surface area contributed by atoms with Gasteiger partial charge in [-0.05, 0) is 43.4 Å². The zero-order valence-electron chi connectivity index (χ0n) is 11.7. The number of carbonyl (C=O) groups excluding carboxylic acids is 1. The number of hydrogen-bond acceptors (Lipinski definition) is 4. The third-order valence-corrected chi connectivity index (χ3v) is 3.55. The molecular weight excluding hydrogens is 242 g/mol. The molecule has 2 rings (SSSR count). The lowest BCUT2D eigenvalue weighted by atomic mass is 10.0. The van der Waals surface area contributed by atoms with E-state index in [0.29, 0.717) is 5.92 Å². The first-order valence-corrected chi connectivity index (χ1v) is 6.63. The van der Waals surface area contributed by atoms with Gasteiger partial charge in [0.1, 0.15) is 11.8 Å². The molecule has 1 unspecified atom stereocenters. The van der Waals surface area contributed by atoms with Gasteiger partial charge in [0.05, 0.1) is 14.2 Å². The van der Waals surface area contributed by atoms with Gasteiger partial charge < -0.3 is 9.47 Å². The van der Waals surface area contributed by atoms with Gasteiger partial charge in [-0.25, -0.2) is 0 Å². The molecule has 1 aromatic carbocycles. The third-order valence-electron chi connectivity index (χ3n) is 3.55. The molecular formula is C15H21NO3. The first kappa shape index (κ1) is 13.9. The smallest absolute Gasteiger partial charge is 0.322 e. The van der Waals surface area contributed by atoms with E-state index in [2.05, 4.69) is 17.4 Å². The molecule has 0 radical (unpaired) electrons. The number of benzene rings is 1. The summed E-state index contributed by atoms with van der Waals surface area (Å²) in [5.41, 5.74) is 1.19. The Morgan fingerprint density at radius 1 is 1.26 bits per heavy atom. The minimum absolute atomic E-state index is 0.208. The number of rotatable bonds is 6. The van der Waals surface area contributed by atoms with Crippen molar-refractivity contribution in [3.8, 4) is 5.75 Å². The quantitative estimate of drug-likeness (QED) is 0.800. The van der Waals surface area contributed by atoms with E-state index in [4.69, 9.17) is 9.47 Å². The highest BCUT2D eigenvalue weighted by molar-refractivity contribution is 5.75. The van der Waals surface area contributed by atoms with E-state index >= 15 is 0 Å². The molecule has 19 heavy (non-hydrogen) atoms. The summed E-state index contributed by atoms with van der Waals surface area (Å²) in [5, 5.41) is 3.37. The van der Waals surface area contributed by atoms with Crippen molar-refractivity contribution >= 4 is 5.97 Å². The number of carbonyl (C=O) groups is 1. The summed E-state index contributed by atoms with van der Waals surface area (Å²) in [6.45, 7) is 1.84. The molecule has 4 heteroatoms. The number of nitrogens with one attached hydrogen (secondary N) is 1. The Balaban J connectivity index is 2.08. The topological polar surface area (TPSA) is 47.6 Å². The molecule has 1 aliphatic carbocycles. The van der Waals surface area contributed by atoms with Crippen molar-refractivity contribution in [2.75, 3.05) is 14.2 Å². The number of methoxy groups -OCH3 is 2. The molecule has 1 N–H and O–H groups in total. The number of hydrogen-bond donors (Lipinski definition) is 1. The fraction of sp³-hybridized carbons (Fsp3) is 0.533. The molecule has 1 aromatic rings. The molecule has 4 nitrogen and oxygen atoms in total. The van der Waals surface area contributed by atoms with Crippen LogP contribution in [-0.2, 0) is 9.53 Å². The van der Waals surface area contributed by atoms with Gasteiger partial charge in [-0.1, -0.05) is 12.1 Å². The summed E-state index contributed by atoms with van der Waals surface area (Å²) in [6.07, 6.45) is 2.41. The van der Waals surface area contributed by atoms with Crippen molar-refractivity contribution in [3.05, 3.63) is 29.8 Å². The molecule has 104 valence electrons. The van der Waals surface area contributed by atoms with Crippen LogP contribution in [0.5, 0.6) is 5.75 Å². The summed E-state index contributed by atoms with van der Waals surface area (Å²) in [4.78, 5) is 11.5. The third kappa shape index (κ3) is 3.47. The van der Waals surface area contributed by atoms with E-state index in [1.165, 1.54) is 25.5 Å². The van der Waals surface area contributed by atoms with E-state index in [-0.39, 0.29) is 18.1 Å². The van der Waals surface area contributed by atoms with Crippen molar-refractivity contribution in [1.29, 1.82) is 0 Å². The van der Waals surface area contributed by atoms with E-state index in [1.807, 2.05) is 19.1 Å². The maximum Gasteiger partial charge on any atom is 0.322 e. The SMILES string of the molecule is COC(=O)[C@H](C)NC(c1ccc(OC)cc1)C1CC1. The Hall–Kier alpha value is -1.55. The first-order valence-electron chi connectivity index (χ1n) is 6.63. The Kier molecular flexibility index (Phi) is 4.43. The van der Waals surface area contributed by atoms with E-state index in [0.717, 1.165) is 5.75 Å². The van der Waals surface area contributed by atoms with Crippen molar-refractivity contribution in [3.63, 3.8) is 0 Å². The molecule has 0 saturated heterocycles. The monoisotopic (exact) mass is 263 g/mol. The fourth-order valence-corrected chi connectivity index (χ4v) is 2.26. The second-order valence-corrected chi connectivity index (χ2v) is 5.00. The first-order chi connectivity index (χ1) is 9.15. The molecule has 0 heterocycles. The molecule has 1 saturated carbocycles. The molecule has 0 aliphatic heterocycles. The van der Waals surface area contributed by atoms with Crippen LogP contribution < -0.4 is 10.1 Å². The maximum atomic E-state index is 11.5. The zero-order valence-corrected chi connectivity index (χ0v) is 11.7. The molecule has 2 atom stereocenters. The van der Waals surface area contributed by atoms with Crippen LogP contribution in [0.15, 0.2) is 24.3 Å². The summed E-state index contributed by atoms with van der Waals surface area (Å²) in [7, 11) is 3.07. The lowest BCUT2D eigenvalue weighted by Crippen LogP contribution is -2.38. The van der Waals surface area contributed by atoms with E-state index < -0.39 is 0 Å². The Morgan fingerprint density at radius 2 is 1.89 bits per heavy atom. The summed E-state index contributed by atoms with van der Waals surface area (Å²) in [5.74, 6) is 1.24. The second kappa shape index (κ2) is 6.06. The highest BCUT2D eigenvalue weighted by atomic mass is 16.5. The van der Waals surface area contributed by atoms with Crippen LogP contribution in [0.4, 0.5) is 0 Å². The number of ether oxygens (including phenoxy) is 2. The predicted molar refractivity (Wildman–Crippen MR) is 73.1 cm³/mol. The van der Waals surface area contributed by atoms with Gasteiger partial charge >= 0.3 is 5.97 Å². The lowest BCUT2D eigenvalue weighted by molar-refractivity contribution is -0.142. The fourth-order valence-electron chi connectivity index (χ4n) is 2.26. The molecule has 0 spiro atoms. The molecule has 1 aliphatic rings. The van der Waals surface area contributed by atoms with Gasteiger partial charge in [0, 0.05) is 6.04 Å². The van der Waals surface area contributed by atoms with Crippen LogP contribution in [0.1, 0.15) is 31.4 Å². The Labute approximate surface area is 114 Å². The molecule has 0 aromatic heterocycles. The van der Waals surface area contributed by atoms with Crippen LogP contribution >= 0.6 is 0 Å². The average Bonchev–Trinajstić information content (AvgIpc) is 3.28. The molecule has 0 bridgehead atoms. The van der Waals surface area contributed by atoms with Gasteiger partial charge in [0.15, 0.2) is 0 Å². The van der Waals surface area contributed by atoms with Crippen LogP contribution in [0.3, 0.4) is 0 Å². The average molecular weight is 263 g/mol. The maximum absolute atomic E-state index is 11.5. The van der Waals surface area contributed by atoms with Crippen molar-refractivity contribution in [2.24, 2.45) is 5.92 Å². The van der Waals surface area contributed by atoms with Crippen LogP contribution in [-0.4, -0.2) is 26.2 Å². The standard InChI is InChI=1S/C15H21NO3/c1-10(15(17)19-3)16-14(11-4-5-11)12-6-8-13(18-2)9-7-12/h6-11,14,16H,4-5H2,1-3H3/t10-,14?/m0/s1. The Morgan fingerprint density at radius 3 is 2.37 bits per heavy atom. The molecule has 1 fully saturated rings. The number of esters is 1. The van der Waals surface area contributed by atoms with Gasteiger partial charge in [0.2, 0.25) is 0 Å².